The molecule has 0 aromatic carbocycles. The molecule has 0 aromatic rings. The second-order valence-electron chi connectivity index (χ2n) is 1.72. The Labute approximate surface area is 58.9 Å². The van der Waals surface area contributed by atoms with Gasteiger partial charge in [-0.15, -0.1) is 0 Å². The molecule has 0 bridgehead atoms. The predicted octanol–water partition coefficient (Wildman–Crippen LogP) is -0.737. The van der Waals surface area contributed by atoms with Crippen molar-refractivity contribution < 1.29 is 21.2 Å². The first-order valence-electron chi connectivity index (χ1n) is 3.10. The van der Waals surface area contributed by atoms with Gasteiger partial charge in [-0.3, -0.25) is 9.59 Å². The fourth-order valence-corrected chi connectivity index (χ4v) is 0.349. The van der Waals surface area contributed by atoms with E-state index in [-0.39, 0.29) is 0 Å². The van der Waals surface area contributed by atoms with Crippen molar-refractivity contribution >= 4 is 11.9 Å². The molecule has 0 saturated carbocycles. The Bertz CT molecular complexity index is 179. The zero-order chi connectivity index (χ0) is 9.07. The molecular weight excluding hydrogens is 138 g/mol. The van der Waals surface area contributed by atoms with Gasteiger partial charge in [-0.2, -0.15) is 0 Å². The average Bonchev–Trinajstić information content (AvgIpc) is 1.84. The molecule has 0 aliphatic heterocycles. The summed E-state index contributed by atoms with van der Waals surface area (Å²) in [6, 6.07) is -2.18. The summed E-state index contributed by atoms with van der Waals surface area (Å²) in [5.41, 5.74) is 4.91. The van der Waals surface area contributed by atoms with Crippen molar-refractivity contribution in [2.75, 3.05) is 0 Å². The molecule has 0 amide bonds. The van der Waals surface area contributed by atoms with Crippen LogP contribution in [-0.4, -0.2) is 28.2 Å². The maximum Gasteiger partial charge on any atom is 0.320 e. The zero-order valence-electron chi connectivity index (χ0n) is 6.20. The van der Waals surface area contributed by atoms with Crippen molar-refractivity contribution in [1.82, 2.24) is 0 Å². The summed E-state index contributed by atoms with van der Waals surface area (Å²) in [6.45, 7) is 0. The minimum Gasteiger partial charge on any atom is -0.481 e. The van der Waals surface area contributed by atoms with E-state index in [0.29, 0.717) is 0 Å². The summed E-state index contributed by atoms with van der Waals surface area (Å²) in [6.07, 6.45) is -0.802. The van der Waals surface area contributed by atoms with E-state index in [1.165, 1.54) is 0 Å². The van der Waals surface area contributed by atoms with Crippen LogP contribution in [0.25, 0.3) is 0 Å². The smallest absolute Gasteiger partial charge is 0.320 e. The Morgan fingerprint density at radius 2 is 2.10 bits per heavy atom. The lowest BCUT2D eigenvalue weighted by Gasteiger charge is -2.01. The number of nitrogens with two attached hydrogens (primary N) is 1. The molecule has 0 heterocycles. The molecule has 0 aromatic heterocycles. The van der Waals surface area contributed by atoms with Crippen molar-refractivity contribution in [3.05, 3.63) is 0 Å². The van der Waals surface area contributed by atoms with Crippen LogP contribution in [0.1, 0.15) is 14.2 Å². The first-order valence-corrected chi connectivity index (χ1v) is 2.60. The predicted molar refractivity (Wildman–Crippen MR) is 32.5 cm³/mol. The highest BCUT2D eigenvalue weighted by Gasteiger charge is 2.12. The summed E-state index contributed by atoms with van der Waals surface area (Å²) >= 11 is 0. The van der Waals surface area contributed by atoms with Gasteiger partial charge in [-0.05, 0) is 6.42 Å². The number of carbonyl (C=O) groups is 2. The second kappa shape index (κ2) is 3.84. The third-order valence-electron chi connectivity index (χ3n) is 0.883. The topological polar surface area (TPSA) is 101 Å². The SMILES string of the molecule is [2H][C@@](N)(CCC(=O)O)C(=O)O. The molecule has 5 heteroatoms. The molecule has 0 spiro atoms. The molecule has 58 valence electrons. The quantitative estimate of drug-likeness (QED) is 0.487. The highest BCUT2D eigenvalue weighted by molar-refractivity contribution is 5.74. The van der Waals surface area contributed by atoms with E-state index in [9.17, 15) is 9.59 Å². The zero-order valence-corrected chi connectivity index (χ0v) is 5.20. The Kier molecular flexibility index (Phi) is 2.69. The van der Waals surface area contributed by atoms with Gasteiger partial charge >= 0.3 is 11.9 Å². The minimum atomic E-state index is -2.18. The van der Waals surface area contributed by atoms with Crippen LogP contribution in [-0.2, 0) is 9.59 Å². The third-order valence-corrected chi connectivity index (χ3v) is 0.883. The maximum atomic E-state index is 10.1. The van der Waals surface area contributed by atoms with Crippen LogP contribution in [0.15, 0.2) is 0 Å². The van der Waals surface area contributed by atoms with E-state index < -0.39 is 30.8 Å². The van der Waals surface area contributed by atoms with Crippen LogP contribution >= 0.6 is 0 Å². The van der Waals surface area contributed by atoms with Crippen LogP contribution in [0, 0.1) is 0 Å². The van der Waals surface area contributed by atoms with E-state index >= 15 is 0 Å². The number of aliphatic carboxylic acids is 2. The second-order valence-corrected chi connectivity index (χ2v) is 1.72. The van der Waals surface area contributed by atoms with Crippen molar-refractivity contribution in [1.29, 1.82) is 0 Å². The van der Waals surface area contributed by atoms with Crippen LogP contribution in [0.4, 0.5) is 0 Å². The lowest BCUT2D eigenvalue weighted by Crippen LogP contribution is -2.30. The molecule has 0 aliphatic carbocycles. The van der Waals surface area contributed by atoms with Gasteiger partial charge in [0, 0.05) is 6.42 Å². The molecule has 0 unspecified atom stereocenters. The molecule has 0 saturated heterocycles. The van der Waals surface area contributed by atoms with Crippen LogP contribution < -0.4 is 5.73 Å². The summed E-state index contributed by atoms with van der Waals surface area (Å²) in [7, 11) is 0. The van der Waals surface area contributed by atoms with Crippen molar-refractivity contribution in [3.8, 4) is 0 Å². The normalized spacial score (nSPS) is 17.1. The summed E-state index contributed by atoms with van der Waals surface area (Å²) in [4.78, 5) is 20.1. The van der Waals surface area contributed by atoms with E-state index in [1.807, 2.05) is 0 Å². The number of carboxylic acids is 2. The van der Waals surface area contributed by atoms with Gasteiger partial charge < -0.3 is 15.9 Å². The Morgan fingerprint density at radius 1 is 1.60 bits per heavy atom. The lowest BCUT2D eigenvalue weighted by molar-refractivity contribution is -0.139. The number of hydrogen-bond donors (Lipinski definition) is 3. The van der Waals surface area contributed by atoms with Crippen LogP contribution in [0.5, 0.6) is 0 Å². The van der Waals surface area contributed by atoms with Crippen LogP contribution in [0.2, 0.25) is 0 Å². The molecule has 5 nitrogen and oxygen atoms in total. The van der Waals surface area contributed by atoms with Gasteiger partial charge in [-0.25, -0.2) is 0 Å². The highest BCUT2D eigenvalue weighted by atomic mass is 16.4. The van der Waals surface area contributed by atoms with Gasteiger partial charge in [0.2, 0.25) is 0 Å². The van der Waals surface area contributed by atoms with E-state index in [2.05, 4.69) is 0 Å². The van der Waals surface area contributed by atoms with E-state index in [4.69, 9.17) is 17.3 Å². The Morgan fingerprint density at radius 3 is 2.40 bits per heavy atom. The minimum absolute atomic E-state index is 0.391. The van der Waals surface area contributed by atoms with Crippen molar-refractivity contribution in [2.24, 2.45) is 5.73 Å². The summed E-state index contributed by atoms with van der Waals surface area (Å²) in [5.74, 6) is -2.67. The molecule has 1 atom stereocenters. The standard InChI is InChI=1S/C5H9NO4/c6-3(5(9)10)1-2-4(7)8/h3H,1-2,6H2,(H,7,8)(H,9,10)/t3-/m1/s1/i3D. The highest BCUT2D eigenvalue weighted by Crippen LogP contribution is 1.93. The van der Waals surface area contributed by atoms with Gasteiger partial charge in [0.1, 0.15) is 6.02 Å². The number of hydrogen-bond acceptors (Lipinski definition) is 3. The molecule has 0 aliphatic rings. The fraction of sp³-hybridized carbons (Fsp3) is 0.600. The third kappa shape index (κ3) is 3.85. The lowest BCUT2D eigenvalue weighted by atomic mass is 10.2. The molecule has 4 N–H and O–H groups in total. The number of carboxylic acid groups (broad SMARTS) is 2. The van der Waals surface area contributed by atoms with Crippen molar-refractivity contribution in [3.63, 3.8) is 0 Å². The van der Waals surface area contributed by atoms with Crippen LogP contribution in [0.3, 0.4) is 0 Å². The summed E-state index contributed by atoms with van der Waals surface area (Å²) < 4.78 is 6.89. The Balaban J connectivity index is 3.92. The molecular formula is C5H9NO4. The first-order chi connectivity index (χ1) is 4.86. The average molecular weight is 148 g/mol. The molecule has 0 radical (unpaired) electrons. The van der Waals surface area contributed by atoms with Gasteiger partial charge in [0.05, 0.1) is 1.37 Å². The fourth-order valence-electron chi connectivity index (χ4n) is 0.349. The monoisotopic (exact) mass is 148 g/mol. The van der Waals surface area contributed by atoms with Gasteiger partial charge in [0.15, 0.2) is 0 Å². The summed E-state index contributed by atoms with van der Waals surface area (Å²) in [5, 5.41) is 16.4. The Hall–Kier alpha value is -1.10. The van der Waals surface area contributed by atoms with Gasteiger partial charge in [-0.1, -0.05) is 0 Å². The largest absolute Gasteiger partial charge is 0.481 e. The van der Waals surface area contributed by atoms with E-state index in [0.717, 1.165) is 0 Å². The maximum absolute atomic E-state index is 10.1. The molecule has 0 rings (SSSR count). The molecule has 10 heavy (non-hydrogen) atoms. The number of rotatable bonds is 4. The van der Waals surface area contributed by atoms with E-state index in [1.54, 1.807) is 0 Å². The van der Waals surface area contributed by atoms with Crippen molar-refractivity contribution in [2.45, 2.75) is 18.9 Å². The van der Waals surface area contributed by atoms with Gasteiger partial charge in [0.25, 0.3) is 0 Å². The first kappa shape index (κ1) is 7.01. The molecule has 0 fully saturated rings.